The van der Waals surface area contributed by atoms with E-state index in [1.54, 1.807) is 48.5 Å². The molecule has 0 bridgehead atoms. The monoisotopic (exact) mass is 355 g/mol. The van der Waals surface area contributed by atoms with E-state index in [4.69, 9.17) is 9.47 Å². The van der Waals surface area contributed by atoms with Crippen molar-refractivity contribution in [3.8, 4) is 16.9 Å². The summed E-state index contributed by atoms with van der Waals surface area (Å²) in [6.07, 6.45) is 2.01. The number of ether oxygens (including phenoxy) is 2. The molecule has 1 atom stereocenters. The third-order valence-corrected chi connectivity index (χ3v) is 4.21. The maximum Gasteiger partial charge on any atom is 0.338 e. The fourth-order valence-electron chi connectivity index (χ4n) is 2.75. The minimum absolute atomic E-state index is 0.0575. The van der Waals surface area contributed by atoms with Crippen LogP contribution in [0.5, 0.6) is 5.75 Å². The zero-order valence-electron chi connectivity index (χ0n) is 14.3. The Balaban J connectivity index is 1.48. The van der Waals surface area contributed by atoms with Gasteiger partial charge in [0.2, 0.25) is 0 Å². The summed E-state index contributed by atoms with van der Waals surface area (Å²) in [5.74, 6) is -0.684. The molecule has 0 radical (unpaired) electrons. The van der Waals surface area contributed by atoms with Crippen LogP contribution in [-0.2, 0) is 14.3 Å². The first kappa shape index (κ1) is 17.9. The summed E-state index contributed by atoms with van der Waals surface area (Å²) in [6.45, 7) is 0.860. The lowest BCUT2D eigenvalue weighted by Gasteiger charge is -2.11. The van der Waals surface area contributed by atoms with Gasteiger partial charge in [0, 0.05) is 13.2 Å². The Morgan fingerprint density at radius 1 is 1.08 bits per heavy atom. The number of phenols is 1. The number of rotatable bonds is 6. The molecule has 2 aromatic carbocycles. The molecule has 136 valence electrons. The van der Waals surface area contributed by atoms with Crippen molar-refractivity contribution >= 4 is 11.9 Å². The van der Waals surface area contributed by atoms with Crippen LogP contribution in [0.4, 0.5) is 0 Å². The summed E-state index contributed by atoms with van der Waals surface area (Å²) in [7, 11) is 0. The van der Waals surface area contributed by atoms with Crippen LogP contribution in [0.2, 0.25) is 0 Å². The Kier molecular flexibility index (Phi) is 5.86. The van der Waals surface area contributed by atoms with Crippen LogP contribution in [0.15, 0.2) is 48.5 Å². The van der Waals surface area contributed by atoms with E-state index in [0.29, 0.717) is 12.1 Å². The van der Waals surface area contributed by atoms with Crippen LogP contribution in [-0.4, -0.2) is 42.8 Å². The normalized spacial score (nSPS) is 16.2. The summed E-state index contributed by atoms with van der Waals surface area (Å²) in [4.78, 5) is 23.8. The van der Waals surface area contributed by atoms with E-state index < -0.39 is 5.97 Å². The van der Waals surface area contributed by atoms with E-state index in [-0.39, 0.29) is 24.4 Å². The average molecular weight is 355 g/mol. The second-order valence-corrected chi connectivity index (χ2v) is 6.14. The molecular formula is C20H21NO5. The van der Waals surface area contributed by atoms with Crippen molar-refractivity contribution in [3.63, 3.8) is 0 Å². The second kappa shape index (κ2) is 8.49. The molecule has 0 aliphatic carbocycles. The van der Waals surface area contributed by atoms with Crippen LogP contribution in [0.1, 0.15) is 23.2 Å². The number of benzene rings is 2. The fourth-order valence-corrected chi connectivity index (χ4v) is 2.75. The van der Waals surface area contributed by atoms with Crippen LogP contribution in [0, 0.1) is 0 Å². The van der Waals surface area contributed by atoms with E-state index in [1.165, 1.54) is 0 Å². The van der Waals surface area contributed by atoms with Gasteiger partial charge in [-0.15, -0.1) is 0 Å². The van der Waals surface area contributed by atoms with Crippen molar-refractivity contribution in [1.82, 2.24) is 5.32 Å². The molecule has 26 heavy (non-hydrogen) atoms. The van der Waals surface area contributed by atoms with Gasteiger partial charge >= 0.3 is 5.97 Å². The summed E-state index contributed by atoms with van der Waals surface area (Å²) >= 11 is 0. The van der Waals surface area contributed by atoms with Gasteiger partial charge in [-0.3, -0.25) is 4.79 Å². The van der Waals surface area contributed by atoms with E-state index >= 15 is 0 Å². The molecule has 1 heterocycles. The van der Waals surface area contributed by atoms with Gasteiger partial charge in [0.05, 0.1) is 11.7 Å². The Labute approximate surface area is 151 Å². The predicted molar refractivity (Wildman–Crippen MR) is 95.8 cm³/mol. The van der Waals surface area contributed by atoms with E-state index in [1.807, 2.05) is 0 Å². The first-order valence-electron chi connectivity index (χ1n) is 8.57. The van der Waals surface area contributed by atoms with Gasteiger partial charge in [0.15, 0.2) is 6.61 Å². The molecule has 6 heteroatoms. The van der Waals surface area contributed by atoms with Gasteiger partial charge in [0.25, 0.3) is 5.91 Å². The van der Waals surface area contributed by atoms with Crippen molar-refractivity contribution in [3.05, 3.63) is 54.1 Å². The van der Waals surface area contributed by atoms with E-state index in [2.05, 4.69) is 5.32 Å². The lowest BCUT2D eigenvalue weighted by atomic mass is 10.0. The molecule has 1 aliphatic rings. The highest BCUT2D eigenvalue weighted by Crippen LogP contribution is 2.22. The van der Waals surface area contributed by atoms with Gasteiger partial charge < -0.3 is 19.9 Å². The van der Waals surface area contributed by atoms with Crippen LogP contribution >= 0.6 is 0 Å². The van der Waals surface area contributed by atoms with Gasteiger partial charge in [-0.05, 0) is 48.2 Å². The minimum Gasteiger partial charge on any atom is -0.508 e. The largest absolute Gasteiger partial charge is 0.508 e. The molecule has 0 saturated carbocycles. The van der Waals surface area contributed by atoms with Gasteiger partial charge in [0.1, 0.15) is 5.75 Å². The number of carbonyl (C=O) groups excluding carboxylic acids is 2. The molecule has 1 aliphatic heterocycles. The zero-order valence-corrected chi connectivity index (χ0v) is 14.3. The zero-order chi connectivity index (χ0) is 18.4. The fraction of sp³-hybridized carbons (Fsp3) is 0.300. The first-order valence-corrected chi connectivity index (χ1v) is 8.57. The maximum absolute atomic E-state index is 12.0. The number of nitrogens with one attached hydrogen (secondary N) is 1. The molecule has 1 saturated heterocycles. The number of carbonyl (C=O) groups is 2. The molecule has 6 nitrogen and oxygen atoms in total. The Morgan fingerprint density at radius 2 is 1.73 bits per heavy atom. The molecular weight excluding hydrogens is 334 g/mol. The smallest absolute Gasteiger partial charge is 0.338 e. The van der Waals surface area contributed by atoms with Crippen molar-refractivity contribution < 1.29 is 24.2 Å². The SMILES string of the molecule is O=C(COC(=O)c1ccc(-c2ccc(O)cc2)cc1)NC[C@@H]1CCCO1. The second-order valence-electron chi connectivity index (χ2n) is 6.14. The first-order chi connectivity index (χ1) is 12.6. The number of esters is 1. The summed E-state index contributed by atoms with van der Waals surface area (Å²) in [5.41, 5.74) is 2.21. The topological polar surface area (TPSA) is 84.9 Å². The molecule has 1 amide bonds. The van der Waals surface area contributed by atoms with Gasteiger partial charge in [-0.2, -0.15) is 0 Å². The van der Waals surface area contributed by atoms with Crippen molar-refractivity contribution in [2.45, 2.75) is 18.9 Å². The minimum atomic E-state index is -0.547. The number of hydrogen-bond acceptors (Lipinski definition) is 5. The van der Waals surface area contributed by atoms with Crippen molar-refractivity contribution in [2.24, 2.45) is 0 Å². The molecule has 0 aromatic heterocycles. The summed E-state index contributed by atoms with van der Waals surface area (Å²) < 4.78 is 10.5. The Morgan fingerprint density at radius 3 is 2.35 bits per heavy atom. The average Bonchev–Trinajstić information content (AvgIpc) is 3.19. The van der Waals surface area contributed by atoms with E-state index in [9.17, 15) is 14.7 Å². The third kappa shape index (κ3) is 4.83. The van der Waals surface area contributed by atoms with Crippen LogP contribution in [0.25, 0.3) is 11.1 Å². The van der Waals surface area contributed by atoms with Crippen LogP contribution < -0.4 is 5.32 Å². The quantitative estimate of drug-likeness (QED) is 0.778. The van der Waals surface area contributed by atoms with Crippen molar-refractivity contribution in [1.29, 1.82) is 0 Å². The highest BCUT2D eigenvalue weighted by atomic mass is 16.5. The molecule has 0 unspecified atom stereocenters. The Hall–Kier alpha value is -2.86. The third-order valence-electron chi connectivity index (χ3n) is 4.21. The van der Waals surface area contributed by atoms with Crippen LogP contribution in [0.3, 0.4) is 0 Å². The van der Waals surface area contributed by atoms with Gasteiger partial charge in [-0.1, -0.05) is 24.3 Å². The summed E-state index contributed by atoms with van der Waals surface area (Å²) in [5, 5.41) is 12.0. The molecule has 2 aromatic rings. The molecule has 1 fully saturated rings. The number of hydrogen-bond donors (Lipinski definition) is 2. The molecule has 3 rings (SSSR count). The highest BCUT2D eigenvalue weighted by Gasteiger charge is 2.17. The molecule has 2 N–H and O–H groups in total. The maximum atomic E-state index is 12.0. The van der Waals surface area contributed by atoms with E-state index in [0.717, 1.165) is 30.6 Å². The Bertz CT molecular complexity index is 749. The predicted octanol–water partition coefficient (Wildman–Crippen LogP) is 2.51. The highest BCUT2D eigenvalue weighted by molar-refractivity contribution is 5.91. The number of aromatic hydroxyl groups is 1. The van der Waals surface area contributed by atoms with Gasteiger partial charge in [-0.25, -0.2) is 4.79 Å². The number of amides is 1. The lowest BCUT2D eigenvalue weighted by Crippen LogP contribution is -2.34. The lowest BCUT2D eigenvalue weighted by molar-refractivity contribution is -0.124. The molecule has 0 spiro atoms. The van der Waals surface area contributed by atoms with Crippen molar-refractivity contribution in [2.75, 3.05) is 19.8 Å². The number of phenolic OH excluding ortho intramolecular Hbond substituents is 1. The standard InChI is InChI=1S/C20H21NO5/c22-17-9-7-15(8-10-17)14-3-5-16(6-4-14)20(24)26-13-19(23)21-12-18-2-1-11-25-18/h3-10,18,22H,1-2,11-13H2,(H,21,23)/t18-/m0/s1. The summed E-state index contributed by atoms with van der Waals surface area (Å²) in [6, 6.07) is 13.7.